The molecule has 1 aromatic rings. The lowest BCUT2D eigenvalue weighted by molar-refractivity contribution is -0.142. The predicted molar refractivity (Wildman–Crippen MR) is 84.2 cm³/mol. The first-order chi connectivity index (χ1) is 9.99. The first-order valence-electron chi connectivity index (χ1n) is 7.36. The van der Waals surface area contributed by atoms with E-state index in [2.05, 4.69) is 14.9 Å². The van der Waals surface area contributed by atoms with E-state index in [0.29, 0.717) is 5.41 Å². The fourth-order valence-corrected chi connectivity index (χ4v) is 2.71. The molecular formula is C16H24N4O. The summed E-state index contributed by atoms with van der Waals surface area (Å²) >= 11 is 0. The van der Waals surface area contributed by atoms with Gasteiger partial charge < -0.3 is 9.80 Å². The van der Waals surface area contributed by atoms with E-state index in [0.717, 1.165) is 37.7 Å². The lowest BCUT2D eigenvalue weighted by Gasteiger charge is -2.60. The average Bonchev–Trinajstić information content (AvgIpc) is 2.35. The lowest BCUT2D eigenvalue weighted by atomic mass is 9.73. The minimum Gasteiger partial charge on any atom is -0.354 e. The van der Waals surface area contributed by atoms with Crippen LogP contribution in [0.2, 0.25) is 0 Å². The van der Waals surface area contributed by atoms with Gasteiger partial charge in [-0.25, -0.2) is 4.98 Å². The first-order valence-corrected chi connectivity index (χ1v) is 7.36. The number of carbonyl (C=O) groups is 1. The van der Waals surface area contributed by atoms with Crippen LogP contribution in [-0.2, 0) is 4.79 Å². The van der Waals surface area contributed by atoms with Crippen LogP contribution in [0.5, 0.6) is 0 Å². The highest BCUT2D eigenvalue weighted by atomic mass is 16.2. The number of hydrogen-bond acceptors (Lipinski definition) is 4. The van der Waals surface area contributed by atoms with Crippen LogP contribution in [-0.4, -0.2) is 47.0 Å². The molecule has 0 aromatic carbocycles. The summed E-state index contributed by atoms with van der Waals surface area (Å²) in [4.78, 5) is 23.9. The molecule has 114 valence electrons. The van der Waals surface area contributed by atoms with Gasteiger partial charge in [0.1, 0.15) is 5.82 Å². The Hall–Kier alpha value is -1.91. The maximum atomic E-state index is 11.1. The van der Waals surface area contributed by atoms with Gasteiger partial charge in [0.15, 0.2) is 0 Å². The average molecular weight is 288 g/mol. The fourth-order valence-electron chi connectivity index (χ4n) is 2.71. The van der Waals surface area contributed by atoms with Crippen LogP contribution in [0.4, 0.5) is 5.82 Å². The van der Waals surface area contributed by atoms with Gasteiger partial charge in [0.2, 0.25) is 5.91 Å². The summed E-state index contributed by atoms with van der Waals surface area (Å²) in [5.74, 6) is 1.14. The SMILES string of the molecule is C/C=C\C.CC(=O)N1CC2(C1)CN(c1cncc(C)n1)C2. The van der Waals surface area contributed by atoms with Gasteiger partial charge in [0.05, 0.1) is 11.9 Å². The maximum Gasteiger partial charge on any atom is 0.219 e. The Kier molecular flexibility index (Phi) is 4.60. The van der Waals surface area contributed by atoms with Crippen molar-refractivity contribution in [2.45, 2.75) is 27.7 Å². The van der Waals surface area contributed by atoms with Crippen molar-refractivity contribution in [3.63, 3.8) is 0 Å². The minimum absolute atomic E-state index is 0.185. The Bertz CT molecular complexity index is 523. The fraction of sp³-hybridized carbons (Fsp3) is 0.562. The second-order valence-electron chi connectivity index (χ2n) is 5.92. The molecule has 21 heavy (non-hydrogen) atoms. The summed E-state index contributed by atoms with van der Waals surface area (Å²) in [5, 5.41) is 0. The molecule has 2 aliphatic rings. The monoisotopic (exact) mass is 288 g/mol. The molecule has 1 spiro atoms. The van der Waals surface area contributed by atoms with Crippen molar-refractivity contribution in [3.05, 3.63) is 30.2 Å². The van der Waals surface area contributed by atoms with Gasteiger partial charge in [-0.1, -0.05) is 12.2 Å². The van der Waals surface area contributed by atoms with Gasteiger partial charge >= 0.3 is 0 Å². The number of aryl methyl sites for hydroxylation is 1. The molecule has 0 bridgehead atoms. The van der Waals surface area contributed by atoms with E-state index in [1.54, 1.807) is 19.3 Å². The number of rotatable bonds is 1. The molecule has 5 nitrogen and oxygen atoms in total. The van der Waals surface area contributed by atoms with Crippen molar-refractivity contribution in [2.75, 3.05) is 31.1 Å². The molecule has 1 amide bonds. The third kappa shape index (κ3) is 3.40. The molecule has 2 aliphatic heterocycles. The summed E-state index contributed by atoms with van der Waals surface area (Å²) in [6, 6.07) is 0. The van der Waals surface area contributed by atoms with Crippen molar-refractivity contribution < 1.29 is 4.79 Å². The van der Waals surface area contributed by atoms with Crippen LogP contribution in [0, 0.1) is 12.3 Å². The highest BCUT2D eigenvalue weighted by Crippen LogP contribution is 2.41. The molecule has 0 radical (unpaired) electrons. The van der Waals surface area contributed by atoms with Crippen LogP contribution in [0.3, 0.4) is 0 Å². The number of aromatic nitrogens is 2. The Labute approximate surface area is 126 Å². The number of hydrogen-bond donors (Lipinski definition) is 0. The number of amides is 1. The van der Waals surface area contributed by atoms with Crippen LogP contribution in [0.15, 0.2) is 24.5 Å². The summed E-state index contributed by atoms with van der Waals surface area (Å²) in [6.45, 7) is 11.4. The van der Waals surface area contributed by atoms with Gasteiger partial charge in [-0.05, 0) is 20.8 Å². The molecule has 0 N–H and O–H groups in total. The Morgan fingerprint density at radius 2 is 1.81 bits per heavy atom. The third-order valence-electron chi connectivity index (χ3n) is 3.95. The zero-order valence-electron chi connectivity index (χ0n) is 13.3. The number of likely N-dealkylation sites (tertiary alicyclic amines) is 1. The largest absolute Gasteiger partial charge is 0.354 e. The summed E-state index contributed by atoms with van der Waals surface area (Å²) < 4.78 is 0. The van der Waals surface area contributed by atoms with Gasteiger partial charge in [-0.15, -0.1) is 0 Å². The molecule has 5 heteroatoms. The van der Waals surface area contributed by atoms with E-state index >= 15 is 0 Å². The van der Waals surface area contributed by atoms with E-state index in [-0.39, 0.29) is 5.91 Å². The molecule has 1 aromatic heterocycles. The molecule has 2 fully saturated rings. The molecule has 0 saturated carbocycles. The van der Waals surface area contributed by atoms with Crippen molar-refractivity contribution >= 4 is 11.7 Å². The van der Waals surface area contributed by atoms with Gasteiger partial charge in [-0.3, -0.25) is 9.78 Å². The van der Waals surface area contributed by atoms with Crippen LogP contribution in [0.1, 0.15) is 26.5 Å². The van der Waals surface area contributed by atoms with Crippen molar-refractivity contribution in [1.82, 2.24) is 14.9 Å². The Balaban J connectivity index is 0.000000361. The summed E-state index contributed by atoms with van der Waals surface area (Å²) in [5.41, 5.74) is 1.28. The first kappa shape index (κ1) is 15.5. The molecule has 2 saturated heterocycles. The molecule has 3 rings (SSSR count). The van der Waals surface area contributed by atoms with E-state index in [4.69, 9.17) is 0 Å². The minimum atomic E-state index is 0.185. The molecule has 0 atom stereocenters. The highest BCUT2D eigenvalue weighted by molar-refractivity contribution is 5.74. The summed E-state index contributed by atoms with van der Waals surface area (Å²) in [6.07, 6.45) is 7.57. The number of nitrogens with zero attached hydrogens (tertiary/aromatic N) is 4. The Morgan fingerprint density at radius 1 is 1.19 bits per heavy atom. The molecule has 3 heterocycles. The van der Waals surface area contributed by atoms with E-state index in [1.807, 2.05) is 37.8 Å². The van der Waals surface area contributed by atoms with Crippen molar-refractivity contribution in [1.29, 1.82) is 0 Å². The Morgan fingerprint density at radius 3 is 2.29 bits per heavy atom. The van der Waals surface area contributed by atoms with Gasteiger partial charge in [0, 0.05) is 44.7 Å². The van der Waals surface area contributed by atoms with Crippen LogP contribution in [0.25, 0.3) is 0 Å². The van der Waals surface area contributed by atoms with Crippen LogP contribution < -0.4 is 4.90 Å². The molecule has 0 aliphatic carbocycles. The van der Waals surface area contributed by atoms with Crippen LogP contribution >= 0.6 is 0 Å². The van der Waals surface area contributed by atoms with E-state index < -0.39 is 0 Å². The van der Waals surface area contributed by atoms with Crippen molar-refractivity contribution in [3.8, 4) is 0 Å². The summed E-state index contributed by atoms with van der Waals surface area (Å²) in [7, 11) is 0. The quantitative estimate of drug-likeness (QED) is 0.742. The predicted octanol–water partition coefficient (Wildman–Crippen LogP) is 2.04. The number of allylic oxidation sites excluding steroid dienone is 2. The number of carbonyl (C=O) groups excluding carboxylic acids is 1. The maximum absolute atomic E-state index is 11.1. The topological polar surface area (TPSA) is 49.3 Å². The normalized spacial score (nSPS) is 18.9. The molecule has 0 unspecified atom stereocenters. The highest BCUT2D eigenvalue weighted by Gasteiger charge is 2.52. The number of anilines is 1. The van der Waals surface area contributed by atoms with Crippen molar-refractivity contribution in [2.24, 2.45) is 5.41 Å². The second-order valence-corrected chi connectivity index (χ2v) is 5.92. The van der Waals surface area contributed by atoms with E-state index in [9.17, 15) is 4.79 Å². The van der Waals surface area contributed by atoms with E-state index in [1.165, 1.54) is 0 Å². The second kappa shape index (κ2) is 6.24. The standard InChI is InChI=1S/C12H16N4O.C4H8/c1-9-3-13-4-11(14-9)16-7-12(8-16)5-15(6-12)10(2)17;1-3-4-2/h3-4H,5-8H2,1-2H3;3-4H,1-2H3/b;4-3-. The zero-order chi connectivity index (χ0) is 15.5. The van der Waals surface area contributed by atoms with Gasteiger partial charge in [-0.2, -0.15) is 0 Å². The molecular weight excluding hydrogens is 264 g/mol. The lowest BCUT2D eigenvalue weighted by Crippen LogP contribution is -2.73. The zero-order valence-corrected chi connectivity index (χ0v) is 13.3. The smallest absolute Gasteiger partial charge is 0.219 e. The third-order valence-corrected chi connectivity index (χ3v) is 3.95. The van der Waals surface area contributed by atoms with Gasteiger partial charge in [0.25, 0.3) is 0 Å².